The molecule has 0 spiro atoms. The quantitative estimate of drug-likeness (QED) is 0.550. The van der Waals surface area contributed by atoms with Gasteiger partial charge < -0.3 is 9.64 Å². The van der Waals surface area contributed by atoms with Crippen molar-refractivity contribution in [1.29, 1.82) is 0 Å². The molecule has 0 N–H and O–H groups in total. The Hall–Kier alpha value is -2.75. The molecule has 35 heavy (non-hydrogen) atoms. The van der Waals surface area contributed by atoms with Gasteiger partial charge in [0.05, 0.1) is 12.8 Å². The number of carbonyl (C=O) groups excluding carboxylic acids is 1. The van der Waals surface area contributed by atoms with Crippen LogP contribution in [-0.2, 0) is 11.3 Å². The lowest BCUT2D eigenvalue weighted by molar-refractivity contribution is -0.149. The SMILES string of the molecule is CC.O=C(N1CCC(COc2c(F)cc(F)cc2F)CC1)C1(F)CCN(Cc2ccnnc2)CC1. The zero-order valence-corrected chi connectivity index (χ0v) is 20.2. The number of carbonyl (C=O) groups is 1. The van der Waals surface area contributed by atoms with E-state index in [-0.39, 0.29) is 25.4 Å². The summed E-state index contributed by atoms with van der Waals surface area (Å²) in [5.41, 5.74) is -0.885. The molecule has 2 saturated heterocycles. The third-order valence-electron chi connectivity index (χ3n) is 6.41. The molecule has 0 aliphatic carbocycles. The molecule has 1 aromatic carbocycles. The van der Waals surface area contributed by atoms with Crippen LogP contribution in [0, 0.1) is 23.4 Å². The molecule has 1 aromatic heterocycles. The Kier molecular flexibility index (Phi) is 9.42. The van der Waals surface area contributed by atoms with Crippen molar-refractivity contribution in [3.8, 4) is 5.75 Å². The summed E-state index contributed by atoms with van der Waals surface area (Å²) in [5, 5.41) is 7.59. The number of rotatable bonds is 6. The first-order chi connectivity index (χ1) is 16.8. The first-order valence-corrected chi connectivity index (χ1v) is 12.1. The molecule has 2 fully saturated rings. The van der Waals surface area contributed by atoms with Gasteiger partial charge in [-0.25, -0.2) is 17.6 Å². The van der Waals surface area contributed by atoms with Crippen LogP contribution in [-0.4, -0.2) is 64.4 Å². The van der Waals surface area contributed by atoms with Gasteiger partial charge in [-0.2, -0.15) is 10.2 Å². The number of piperidine rings is 2. The molecule has 10 heteroatoms. The highest BCUT2D eigenvalue weighted by molar-refractivity contribution is 5.85. The van der Waals surface area contributed by atoms with Gasteiger partial charge in [0.2, 0.25) is 0 Å². The minimum Gasteiger partial charge on any atom is -0.487 e. The number of likely N-dealkylation sites (tertiary alicyclic amines) is 2. The second kappa shape index (κ2) is 12.3. The fraction of sp³-hybridized carbons (Fsp3) is 0.560. The van der Waals surface area contributed by atoms with Crippen LogP contribution in [0.5, 0.6) is 5.75 Å². The standard InChI is InChI=1S/C23H26F4N4O2.C2H6/c24-18-11-19(25)21(20(26)12-18)33-15-16-2-7-31(8-3-16)22(32)23(27)4-9-30(10-5-23)14-17-1-6-28-29-13-17;1-2/h1,6,11-13,16H,2-5,7-10,14-15H2;1-2H3. The molecule has 6 nitrogen and oxygen atoms in total. The van der Waals surface area contributed by atoms with Gasteiger partial charge in [0.1, 0.15) is 5.82 Å². The van der Waals surface area contributed by atoms with Crippen molar-refractivity contribution in [1.82, 2.24) is 20.0 Å². The highest BCUT2D eigenvalue weighted by Gasteiger charge is 2.44. The Morgan fingerprint density at radius 3 is 2.26 bits per heavy atom. The van der Waals surface area contributed by atoms with Crippen molar-refractivity contribution in [2.24, 2.45) is 5.92 Å². The zero-order valence-electron chi connectivity index (χ0n) is 20.2. The molecule has 0 unspecified atom stereocenters. The number of benzene rings is 1. The number of alkyl halides is 1. The van der Waals surface area contributed by atoms with Gasteiger partial charge in [0.15, 0.2) is 23.1 Å². The van der Waals surface area contributed by atoms with Crippen molar-refractivity contribution in [2.75, 3.05) is 32.8 Å². The highest BCUT2D eigenvalue weighted by atomic mass is 19.2. The van der Waals surface area contributed by atoms with Crippen LogP contribution < -0.4 is 4.74 Å². The van der Waals surface area contributed by atoms with Crippen LogP contribution in [0.1, 0.15) is 45.1 Å². The fourth-order valence-electron chi connectivity index (χ4n) is 4.40. The van der Waals surface area contributed by atoms with Gasteiger partial charge in [-0.1, -0.05) is 13.8 Å². The van der Waals surface area contributed by atoms with Crippen LogP contribution in [0.3, 0.4) is 0 Å². The summed E-state index contributed by atoms with van der Waals surface area (Å²) in [6.07, 6.45) is 4.63. The van der Waals surface area contributed by atoms with Gasteiger partial charge in [-0.15, -0.1) is 0 Å². The molecular weight excluding hydrogens is 464 g/mol. The molecule has 0 saturated carbocycles. The van der Waals surface area contributed by atoms with E-state index in [4.69, 9.17) is 4.74 Å². The Balaban J connectivity index is 0.00000167. The monoisotopic (exact) mass is 496 g/mol. The molecule has 2 aromatic rings. The Labute approximate surface area is 203 Å². The van der Waals surface area contributed by atoms with Crippen LogP contribution in [0.25, 0.3) is 0 Å². The second-order valence-corrected chi connectivity index (χ2v) is 8.74. The summed E-state index contributed by atoms with van der Waals surface area (Å²) < 4.78 is 61.2. The lowest BCUT2D eigenvalue weighted by Gasteiger charge is -2.40. The third kappa shape index (κ3) is 6.90. The third-order valence-corrected chi connectivity index (χ3v) is 6.41. The molecule has 3 heterocycles. The van der Waals surface area contributed by atoms with Crippen molar-refractivity contribution >= 4 is 5.91 Å². The first-order valence-electron chi connectivity index (χ1n) is 12.1. The molecule has 2 aliphatic heterocycles. The highest BCUT2D eigenvalue weighted by Crippen LogP contribution is 2.32. The number of nitrogens with zero attached hydrogens (tertiary/aromatic N) is 4. The number of ether oxygens (including phenoxy) is 1. The van der Waals surface area contributed by atoms with E-state index in [0.717, 1.165) is 5.56 Å². The summed E-state index contributed by atoms with van der Waals surface area (Å²) in [4.78, 5) is 16.5. The van der Waals surface area contributed by atoms with Gasteiger partial charge in [-0.05, 0) is 30.4 Å². The van der Waals surface area contributed by atoms with Crippen molar-refractivity contribution in [3.63, 3.8) is 0 Å². The van der Waals surface area contributed by atoms with Crippen LogP contribution >= 0.6 is 0 Å². The van der Waals surface area contributed by atoms with Gasteiger partial charge >= 0.3 is 0 Å². The van der Waals surface area contributed by atoms with E-state index in [1.165, 1.54) is 4.90 Å². The van der Waals surface area contributed by atoms with Gasteiger partial charge in [0, 0.05) is 63.9 Å². The van der Waals surface area contributed by atoms with E-state index in [1.54, 1.807) is 12.4 Å². The average molecular weight is 497 g/mol. The van der Waals surface area contributed by atoms with E-state index in [2.05, 4.69) is 15.1 Å². The van der Waals surface area contributed by atoms with Crippen molar-refractivity contribution < 1.29 is 27.1 Å². The largest absolute Gasteiger partial charge is 0.487 e. The van der Waals surface area contributed by atoms with E-state index in [9.17, 15) is 18.0 Å². The predicted molar refractivity (Wildman–Crippen MR) is 123 cm³/mol. The van der Waals surface area contributed by atoms with Crippen molar-refractivity contribution in [2.45, 2.75) is 51.7 Å². The summed E-state index contributed by atoms with van der Waals surface area (Å²) >= 11 is 0. The average Bonchev–Trinajstić information content (AvgIpc) is 2.87. The number of hydrogen-bond donors (Lipinski definition) is 0. The number of amides is 1. The van der Waals surface area contributed by atoms with E-state index < -0.39 is 34.8 Å². The zero-order chi connectivity index (χ0) is 25.4. The number of aromatic nitrogens is 2. The van der Waals surface area contributed by atoms with Gasteiger partial charge in [-0.3, -0.25) is 9.69 Å². The Morgan fingerprint density at radius 2 is 1.69 bits per heavy atom. The van der Waals surface area contributed by atoms with E-state index in [0.29, 0.717) is 57.7 Å². The molecule has 192 valence electrons. The Morgan fingerprint density at radius 1 is 1.06 bits per heavy atom. The van der Waals surface area contributed by atoms with E-state index in [1.807, 2.05) is 19.9 Å². The lowest BCUT2D eigenvalue weighted by atomic mass is 9.89. The maximum absolute atomic E-state index is 15.5. The van der Waals surface area contributed by atoms with Crippen molar-refractivity contribution in [3.05, 3.63) is 53.6 Å². The van der Waals surface area contributed by atoms with Crippen LogP contribution in [0.15, 0.2) is 30.6 Å². The van der Waals surface area contributed by atoms with Crippen LogP contribution in [0.2, 0.25) is 0 Å². The fourth-order valence-corrected chi connectivity index (χ4v) is 4.40. The normalized spacial score (nSPS) is 18.5. The molecule has 2 aliphatic rings. The summed E-state index contributed by atoms with van der Waals surface area (Å²) in [7, 11) is 0. The topological polar surface area (TPSA) is 58.6 Å². The van der Waals surface area contributed by atoms with E-state index >= 15 is 4.39 Å². The molecule has 0 bridgehead atoms. The number of hydrogen-bond acceptors (Lipinski definition) is 5. The minimum atomic E-state index is -1.88. The molecule has 0 atom stereocenters. The maximum Gasteiger partial charge on any atom is 0.260 e. The number of halogens is 4. The minimum absolute atomic E-state index is 0.0377. The lowest BCUT2D eigenvalue weighted by Crippen LogP contribution is -2.54. The maximum atomic E-state index is 15.5. The predicted octanol–water partition coefficient (Wildman–Crippen LogP) is 4.54. The summed E-state index contributed by atoms with van der Waals surface area (Å²) in [6, 6.07) is 3.00. The second-order valence-electron chi connectivity index (χ2n) is 8.74. The smallest absolute Gasteiger partial charge is 0.260 e. The summed E-state index contributed by atoms with van der Waals surface area (Å²) in [6.45, 7) is 6.35. The molecule has 1 amide bonds. The van der Waals surface area contributed by atoms with Gasteiger partial charge in [0.25, 0.3) is 5.91 Å². The molecule has 4 rings (SSSR count). The Bertz CT molecular complexity index is 940. The molecule has 0 radical (unpaired) electrons. The van der Waals surface area contributed by atoms with Crippen LogP contribution in [0.4, 0.5) is 17.6 Å². The summed E-state index contributed by atoms with van der Waals surface area (Å²) in [5.74, 6) is -4.32. The molecular formula is C25H32F4N4O2. The first kappa shape index (κ1) is 26.8.